The third kappa shape index (κ3) is 7.99. The third-order valence-corrected chi connectivity index (χ3v) is 6.67. The van der Waals surface area contributed by atoms with Gasteiger partial charge in [-0.3, -0.25) is 13.9 Å². The highest BCUT2D eigenvalue weighted by atomic mass is 32.2. The molecule has 9 heteroatoms. The lowest BCUT2D eigenvalue weighted by atomic mass is 10.1. The van der Waals surface area contributed by atoms with E-state index in [1.807, 2.05) is 58.0 Å². The van der Waals surface area contributed by atoms with Crippen molar-refractivity contribution in [3.05, 3.63) is 59.7 Å². The van der Waals surface area contributed by atoms with Crippen molar-refractivity contribution >= 4 is 27.5 Å². The molecule has 1 atom stereocenters. The molecule has 0 saturated carbocycles. The van der Waals surface area contributed by atoms with E-state index >= 15 is 0 Å². The van der Waals surface area contributed by atoms with Gasteiger partial charge in [0.05, 0.1) is 19.1 Å². The van der Waals surface area contributed by atoms with Crippen molar-refractivity contribution in [2.45, 2.75) is 46.7 Å². The van der Waals surface area contributed by atoms with Crippen molar-refractivity contribution in [3.8, 4) is 5.75 Å². The van der Waals surface area contributed by atoms with Crippen molar-refractivity contribution in [2.75, 3.05) is 30.8 Å². The van der Waals surface area contributed by atoms with Gasteiger partial charge in [0.1, 0.15) is 18.3 Å². The summed E-state index contributed by atoms with van der Waals surface area (Å²) in [6.07, 6.45) is 1.44. The van der Waals surface area contributed by atoms with E-state index in [9.17, 15) is 18.0 Å². The molecule has 0 heterocycles. The minimum Gasteiger partial charge on any atom is -0.495 e. The molecular weight excluding hydrogens is 466 g/mol. The number of sulfonamides is 1. The van der Waals surface area contributed by atoms with E-state index in [0.717, 1.165) is 21.7 Å². The Morgan fingerprint density at radius 1 is 1.09 bits per heavy atom. The maximum absolute atomic E-state index is 13.7. The van der Waals surface area contributed by atoms with Gasteiger partial charge < -0.3 is 15.0 Å². The molecule has 0 spiro atoms. The number of carbonyl (C=O) groups is 2. The van der Waals surface area contributed by atoms with Crippen LogP contribution in [0.3, 0.4) is 0 Å². The van der Waals surface area contributed by atoms with Crippen molar-refractivity contribution in [1.82, 2.24) is 10.2 Å². The molecule has 192 valence electrons. The summed E-state index contributed by atoms with van der Waals surface area (Å²) in [5.74, 6) is -0.145. The predicted octanol–water partition coefficient (Wildman–Crippen LogP) is 3.35. The Morgan fingerprint density at radius 2 is 1.74 bits per heavy atom. The Balaban J connectivity index is 2.46. The van der Waals surface area contributed by atoms with Crippen LogP contribution in [-0.2, 0) is 26.2 Å². The number of hydrogen-bond acceptors (Lipinski definition) is 5. The van der Waals surface area contributed by atoms with Crippen LogP contribution in [0, 0.1) is 12.8 Å². The quantitative estimate of drug-likeness (QED) is 0.479. The molecule has 0 aromatic heterocycles. The zero-order chi connectivity index (χ0) is 26.2. The lowest BCUT2D eigenvalue weighted by Gasteiger charge is -2.33. The number of benzene rings is 2. The van der Waals surface area contributed by atoms with Gasteiger partial charge in [-0.15, -0.1) is 0 Å². The van der Waals surface area contributed by atoms with Gasteiger partial charge in [0.2, 0.25) is 21.8 Å². The summed E-state index contributed by atoms with van der Waals surface area (Å²) in [6, 6.07) is 13.7. The predicted molar refractivity (Wildman–Crippen MR) is 139 cm³/mol. The number of nitrogens with zero attached hydrogens (tertiary/aromatic N) is 2. The first-order valence-electron chi connectivity index (χ1n) is 11.7. The molecule has 8 nitrogen and oxygen atoms in total. The summed E-state index contributed by atoms with van der Waals surface area (Å²) in [6.45, 7) is 7.86. The van der Waals surface area contributed by atoms with Crippen LogP contribution in [-0.4, -0.2) is 57.6 Å². The molecule has 0 radical (unpaired) electrons. The van der Waals surface area contributed by atoms with E-state index in [2.05, 4.69) is 5.32 Å². The van der Waals surface area contributed by atoms with Crippen molar-refractivity contribution < 1.29 is 22.7 Å². The third-order valence-electron chi connectivity index (χ3n) is 5.55. The molecule has 1 unspecified atom stereocenters. The number of anilines is 1. The maximum Gasteiger partial charge on any atom is 0.244 e. The summed E-state index contributed by atoms with van der Waals surface area (Å²) < 4.78 is 32.0. The van der Waals surface area contributed by atoms with E-state index in [1.54, 1.807) is 18.2 Å². The highest BCUT2D eigenvalue weighted by Gasteiger charge is 2.32. The first kappa shape index (κ1) is 28.2. The van der Waals surface area contributed by atoms with Crippen LogP contribution in [0.1, 0.15) is 38.3 Å². The Bertz CT molecular complexity index is 1100. The smallest absolute Gasteiger partial charge is 0.244 e. The topological polar surface area (TPSA) is 96.0 Å². The Labute approximate surface area is 209 Å². The lowest BCUT2D eigenvalue weighted by Crippen LogP contribution is -2.52. The van der Waals surface area contributed by atoms with Gasteiger partial charge in [-0.1, -0.05) is 57.2 Å². The van der Waals surface area contributed by atoms with Crippen molar-refractivity contribution in [1.29, 1.82) is 0 Å². The van der Waals surface area contributed by atoms with Crippen LogP contribution < -0.4 is 14.4 Å². The van der Waals surface area contributed by atoms with Crippen LogP contribution in [0.2, 0.25) is 0 Å². The summed E-state index contributed by atoms with van der Waals surface area (Å²) in [7, 11) is -2.39. The number of rotatable bonds is 12. The zero-order valence-corrected chi connectivity index (χ0v) is 22.3. The van der Waals surface area contributed by atoms with Crippen molar-refractivity contribution in [3.63, 3.8) is 0 Å². The summed E-state index contributed by atoms with van der Waals surface area (Å²) >= 11 is 0. The molecular formula is C26H37N3O5S. The van der Waals surface area contributed by atoms with Gasteiger partial charge in [0.15, 0.2) is 0 Å². The standard InChI is InChI=1S/C26H37N3O5S/c1-7-22(26(31)27-16-19(2)3)28(17-21-11-9-8-10-12-21)25(30)18-29(35(6,32)33)23-15-20(4)13-14-24(23)34-5/h8-15,19,22H,7,16-18H2,1-6H3,(H,27,31). The minimum atomic E-state index is -3.84. The molecule has 2 aromatic rings. The van der Waals surface area contributed by atoms with Gasteiger partial charge >= 0.3 is 0 Å². The molecule has 0 aliphatic heterocycles. The van der Waals surface area contributed by atoms with E-state index in [1.165, 1.54) is 12.0 Å². The fourth-order valence-electron chi connectivity index (χ4n) is 3.71. The molecule has 1 N–H and O–H groups in total. The van der Waals surface area contributed by atoms with E-state index in [0.29, 0.717) is 18.7 Å². The normalized spacial score (nSPS) is 12.2. The number of amides is 2. The number of methoxy groups -OCH3 is 1. The molecule has 35 heavy (non-hydrogen) atoms. The maximum atomic E-state index is 13.7. The van der Waals surface area contributed by atoms with Crippen LogP contribution in [0.5, 0.6) is 5.75 Å². The van der Waals surface area contributed by atoms with Crippen molar-refractivity contribution in [2.24, 2.45) is 5.92 Å². The zero-order valence-electron chi connectivity index (χ0n) is 21.4. The Hall–Kier alpha value is -3.07. The molecule has 0 aliphatic carbocycles. The highest BCUT2D eigenvalue weighted by Crippen LogP contribution is 2.31. The molecule has 2 rings (SSSR count). The SMILES string of the molecule is CCC(C(=O)NCC(C)C)N(Cc1ccccc1)C(=O)CN(c1cc(C)ccc1OC)S(C)(=O)=O. The fraction of sp³-hybridized carbons (Fsp3) is 0.462. The molecule has 2 amide bonds. The average Bonchev–Trinajstić information content (AvgIpc) is 2.80. The Kier molecular flexibility index (Phi) is 10.1. The molecule has 0 fully saturated rings. The monoisotopic (exact) mass is 503 g/mol. The molecule has 2 aromatic carbocycles. The lowest BCUT2D eigenvalue weighted by molar-refractivity contribution is -0.140. The van der Waals surface area contributed by atoms with Gasteiger partial charge in [-0.2, -0.15) is 0 Å². The van der Waals surface area contributed by atoms with Gasteiger partial charge in [0, 0.05) is 13.1 Å². The summed E-state index contributed by atoms with van der Waals surface area (Å²) in [5.41, 5.74) is 1.94. The molecule has 0 bridgehead atoms. The number of aryl methyl sites for hydroxylation is 1. The van der Waals surface area contributed by atoms with Crippen LogP contribution >= 0.6 is 0 Å². The summed E-state index contributed by atoms with van der Waals surface area (Å²) in [4.78, 5) is 28.2. The largest absolute Gasteiger partial charge is 0.495 e. The minimum absolute atomic E-state index is 0.176. The second kappa shape index (κ2) is 12.6. The first-order chi connectivity index (χ1) is 16.5. The van der Waals surface area contributed by atoms with Crippen LogP contribution in [0.4, 0.5) is 5.69 Å². The molecule has 0 aliphatic rings. The van der Waals surface area contributed by atoms with E-state index in [-0.39, 0.29) is 24.1 Å². The number of hydrogen-bond donors (Lipinski definition) is 1. The molecule has 0 saturated heterocycles. The number of ether oxygens (including phenoxy) is 1. The van der Waals surface area contributed by atoms with E-state index < -0.39 is 28.5 Å². The first-order valence-corrected chi connectivity index (χ1v) is 13.6. The van der Waals surface area contributed by atoms with Crippen LogP contribution in [0.15, 0.2) is 48.5 Å². The second-order valence-electron chi connectivity index (χ2n) is 9.02. The highest BCUT2D eigenvalue weighted by molar-refractivity contribution is 7.92. The second-order valence-corrected chi connectivity index (χ2v) is 10.9. The average molecular weight is 504 g/mol. The van der Waals surface area contributed by atoms with Gasteiger partial charge in [-0.05, 0) is 42.5 Å². The fourth-order valence-corrected chi connectivity index (χ4v) is 4.56. The summed E-state index contributed by atoms with van der Waals surface area (Å²) in [5, 5.41) is 2.91. The Morgan fingerprint density at radius 3 is 2.29 bits per heavy atom. The van der Waals surface area contributed by atoms with Crippen LogP contribution in [0.25, 0.3) is 0 Å². The van der Waals surface area contributed by atoms with Gasteiger partial charge in [-0.25, -0.2) is 8.42 Å². The number of nitrogens with one attached hydrogen (secondary N) is 1. The van der Waals surface area contributed by atoms with E-state index in [4.69, 9.17) is 4.74 Å². The van der Waals surface area contributed by atoms with Gasteiger partial charge in [0.25, 0.3) is 0 Å². The number of carbonyl (C=O) groups excluding carboxylic acids is 2.